The van der Waals surface area contributed by atoms with Gasteiger partial charge in [-0.05, 0) is 42.3 Å². The molecule has 6 nitrogen and oxygen atoms in total. The number of carbonyl (C=O) groups excluding carboxylic acids is 1. The third-order valence-corrected chi connectivity index (χ3v) is 4.27. The van der Waals surface area contributed by atoms with Crippen LogP contribution in [0.2, 0.25) is 0 Å². The number of ether oxygens (including phenoxy) is 1. The first-order valence-electron chi connectivity index (χ1n) is 7.85. The second kappa shape index (κ2) is 8.02. The Balaban J connectivity index is 2.15. The van der Waals surface area contributed by atoms with Crippen LogP contribution >= 0.6 is 0 Å². The van der Waals surface area contributed by atoms with Crippen molar-refractivity contribution >= 4 is 21.6 Å². The van der Waals surface area contributed by atoms with Crippen molar-refractivity contribution in [2.45, 2.75) is 19.4 Å². The number of nitrogens with one attached hydrogen (secondary N) is 2. The van der Waals surface area contributed by atoms with E-state index in [1.165, 1.54) is 6.07 Å². The molecule has 1 atom stereocenters. The molecule has 0 aromatic heterocycles. The number of hydrogen-bond donors (Lipinski definition) is 2. The first-order valence-corrected chi connectivity index (χ1v) is 9.74. The maximum absolute atomic E-state index is 12.5. The van der Waals surface area contributed by atoms with E-state index in [4.69, 9.17) is 4.74 Å². The van der Waals surface area contributed by atoms with Gasteiger partial charge in [0.2, 0.25) is 10.0 Å². The van der Waals surface area contributed by atoms with Gasteiger partial charge in [-0.3, -0.25) is 9.52 Å². The molecule has 0 fully saturated rings. The molecule has 0 aliphatic heterocycles. The summed E-state index contributed by atoms with van der Waals surface area (Å²) in [6.45, 7) is 1.98. The zero-order valence-corrected chi connectivity index (χ0v) is 15.3. The van der Waals surface area contributed by atoms with E-state index < -0.39 is 10.0 Å². The molecule has 0 heterocycles. The molecule has 0 aliphatic carbocycles. The summed E-state index contributed by atoms with van der Waals surface area (Å²) >= 11 is 0. The number of carbonyl (C=O) groups is 1. The minimum Gasteiger partial charge on any atom is -0.497 e. The first-order chi connectivity index (χ1) is 11.8. The van der Waals surface area contributed by atoms with Crippen molar-refractivity contribution in [1.29, 1.82) is 0 Å². The summed E-state index contributed by atoms with van der Waals surface area (Å²) in [5, 5.41) is 2.97. The molecule has 0 unspecified atom stereocenters. The third-order valence-electron chi connectivity index (χ3n) is 3.66. The number of sulfonamides is 1. The van der Waals surface area contributed by atoms with Gasteiger partial charge in [-0.2, -0.15) is 0 Å². The van der Waals surface area contributed by atoms with Gasteiger partial charge in [-0.15, -0.1) is 0 Å². The third kappa shape index (κ3) is 5.49. The highest BCUT2D eigenvalue weighted by molar-refractivity contribution is 7.92. The molecule has 2 N–H and O–H groups in total. The number of rotatable bonds is 7. The molecule has 0 aliphatic rings. The Morgan fingerprint density at radius 2 is 1.84 bits per heavy atom. The average molecular weight is 362 g/mol. The van der Waals surface area contributed by atoms with Gasteiger partial charge in [0.25, 0.3) is 5.91 Å². The molecule has 0 saturated carbocycles. The molecule has 134 valence electrons. The number of methoxy groups -OCH3 is 1. The highest BCUT2D eigenvalue weighted by Gasteiger charge is 2.15. The summed E-state index contributed by atoms with van der Waals surface area (Å²) in [6.07, 6.45) is 1.79. The van der Waals surface area contributed by atoms with E-state index >= 15 is 0 Å². The van der Waals surface area contributed by atoms with Gasteiger partial charge in [0.1, 0.15) is 5.75 Å². The Hall–Kier alpha value is -2.54. The van der Waals surface area contributed by atoms with Gasteiger partial charge < -0.3 is 10.1 Å². The monoisotopic (exact) mass is 362 g/mol. The van der Waals surface area contributed by atoms with Crippen LogP contribution in [-0.4, -0.2) is 27.7 Å². The fourth-order valence-corrected chi connectivity index (χ4v) is 2.99. The maximum Gasteiger partial charge on any atom is 0.251 e. The highest BCUT2D eigenvalue weighted by atomic mass is 32.2. The minimum absolute atomic E-state index is 0.148. The quantitative estimate of drug-likeness (QED) is 0.793. The van der Waals surface area contributed by atoms with Crippen molar-refractivity contribution in [3.05, 3.63) is 59.7 Å². The predicted molar refractivity (Wildman–Crippen MR) is 98.4 cm³/mol. The highest BCUT2D eigenvalue weighted by Crippen LogP contribution is 2.21. The molecular weight excluding hydrogens is 340 g/mol. The maximum atomic E-state index is 12.5. The summed E-state index contributed by atoms with van der Waals surface area (Å²) in [4.78, 5) is 12.5. The largest absolute Gasteiger partial charge is 0.497 e. The minimum atomic E-state index is -3.39. The number of hydrogen-bond acceptors (Lipinski definition) is 4. The zero-order chi connectivity index (χ0) is 18.4. The van der Waals surface area contributed by atoms with Crippen molar-refractivity contribution in [3.8, 4) is 5.75 Å². The molecular formula is C18H22N2O4S. The van der Waals surface area contributed by atoms with E-state index in [9.17, 15) is 13.2 Å². The van der Waals surface area contributed by atoms with Crippen molar-refractivity contribution in [3.63, 3.8) is 0 Å². The first kappa shape index (κ1) is 18.8. The summed E-state index contributed by atoms with van der Waals surface area (Å²) < 4.78 is 30.2. The van der Waals surface area contributed by atoms with Gasteiger partial charge in [-0.1, -0.05) is 25.1 Å². The van der Waals surface area contributed by atoms with E-state index in [0.29, 0.717) is 11.3 Å². The van der Waals surface area contributed by atoms with Crippen LogP contribution in [0.25, 0.3) is 0 Å². The number of anilines is 1. The summed E-state index contributed by atoms with van der Waals surface area (Å²) in [5.41, 5.74) is 1.72. The smallest absolute Gasteiger partial charge is 0.251 e. The van der Waals surface area contributed by atoms with Crippen LogP contribution in [0.5, 0.6) is 5.75 Å². The van der Waals surface area contributed by atoms with E-state index in [-0.39, 0.29) is 11.9 Å². The molecule has 2 aromatic carbocycles. The van der Waals surface area contributed by atoms with Crippen molar-refractivity contribution in [1.82, 2.24) is 5.32 Å². The molecule has 0 radical (unpaired) electrons. The standard InChI is InChI=1S/C18H22N2O4S/c1-4-17(13-8-10-16(24-2)11-9-13)19-18(21)14-6-5-7-15(12-14)20-25(3,22)23/h5-12,17,20H,4H2,1-3H3,(H,19,21)/t17-/m1/s1. The van der Waals surface area contributed by atoms with Crippen LogP contribution in [0.3, 0.4) is 0 Å². The molecule has 0 saturated heterocycles. The molecule has 7 heteroatoms. The second-order valence-electron chi connectivity index (χ2n) is 5.66. The lowest BCUT2D eigenvalue weighted by Gasteiger charge is -2.18. The van der Waals surface area contributed by atoms with Crippen LogP contribution in [0.15, 0.2) is 48.5 Å². The summed E-state index contributed by atoms with van der Waals surface area (Å²) in [6, 6.07) is 13.8. The van der Waals surface area contributed by atoms with Crippen molar-refractivity contribution in [2.75, 3.05) is 18.1 Å². The molecule has 2 rings (SSSR count). The van der Waals surface area contributed by atoms with Crippen LogP contribution in [0, 0.1) is 0 Å². The van der Waals surface area contributed by atoms with Gasteiger partial charge in [0.15, 0.2) is 0 Å². The van der Waals surface area contributed by atoms with Gasteiger partial charge in [0, 0.05) is 11.3 Å². The fourth-order valence-electron chi connectivity index (χ4n) is 2.44. The van der Waals surface area contributed by atoms with E-state index in [1.807, 2.05) is 31.2 Å². The lowest BCUT2D eigenvalue weighted by molar-refractivity contribution is 0.0935. The average Bonchev–Trinajstić information content (AvgIpc) is 2.58. The summed E-state index contributed by atoms with van der Waals surface area (Å²) in [7, 11) is -1.79. The second-order valence-corrected chi connectivity index (χ2v) is 7.41. The van der Waals surface area contributed by atoms with Crippen molar-refractivity contribution < 1.29 is 17.9 Å². The Kier molecular flexibility index (Phi) is 6.03. The van der Waals surface area contributed by atoms with Crippen molar-refractivity contribution in [2.24, 2.45) is 0 Å². The van der Waals surface area contributed by atoms with Gasteiger partial charge >= 0.3 is 0 Å². The van der Waals surface area contributed by atoms with Crippen LogP contribution in [-0.2, 0) is 10.0 Å². The zero-order valence-electron chi connectivity index (χ0n) is 14.4. The van der Waals surface area contributed by atoms with Crippen LogP contribution < -0.4 is 14.8 Å². The van der Waals surface area contributed by atoms with Crippen LogP contribution in [0.1, 0.15) is 35.3 Å². The Morgan fingerprint density at radius 1 is 1.16 bits per heavy atom. The molecule has 25 heavy (non-hydrogen) atoms. The lowest BCUT2D eigenvalue weighted by atomic mass is 10.0. The predicted octanol–water partition coefficient (Wildman–Crippen LogP) is 2.95. The van der Waals surface area contributed by atoms with Crippen LogP contribution in [0.4, 0.5) is 5.69 Å². The van der Waals surface area contributed by atoms with Gasteiger partial charge in [0.05, 0.1) is 19.4 Å². The Labute approximate surface area is 148 Å². The topological polar surface area (TPSA) is 84.5 Å². The SMILES string of the molecule is CC[C@@H](NC(=O)c1cccc(NS(C)(=O)=O)c1)c1ccc(OC)cc1. The fraction of sp³-hybridized carbons (Fsp3) is 0.278. The number of amides is 1. The Bertz CT molecular complexity index is 832. The van der Waals surface area contributed by atoms with Gasteiger partial charge in [-0.25, -0.2) is 8.42 Å². The number of benzene rings is 2. The van der Waals surface area contributed by atoms with E-state index in [2.05, 4.69) is 10.0 Å². The van der Waals surface area contributed by atoms with E-state index in [1.54, 1.807) is 25.3 Å². The molecule has 2 aromatic rings. The molecule has 0 spiro atoms. The summed E-state index contributed by atoms with van der Waals surface area (Å²) in [5.74, 6) is 0.490. The Morgan fingerprint density at radius 3 is 2.40 bits per heavy atom. The molecule has 0 bridgehead atoms. The normalized spacial score (nSPS) is 12.3. The lowest BCUT2D eigenvalue weighted by Crippen LogP contribution is -2.28. The van der Waals surface area contributed by atoms with E-state index in [0.717, 1.165) is 24.0 Å². The molecule has 1 amide bonds.